The lowest BCUT2D eigenvalue weighted by molar-refractivity contribution is -0.152. The van der Waals surface area contributed by atoms with Gasteiger partial charge in [-0.15, -0.1) is 0 Å². The van der Waals surface area contributed by atoms with Crippen LogP contribution in [0.25, 0.3) is 11.1 Å². The molecule has 0 radical (unpaired) electrons. The highest BCUT2D eigenvalue weighted by atomic mass is 16.5. The number of hydrogen-bond donors (Lipinski definition) is 0. The molecule has 0 N–H and O–H groups in total. The molecule has 1 aliphatic heterocycles. The van der Waals surface area contributed by atoms with Crippen molar-refractivity contribution < 1.29 is 37.4 Å². The highest BCUT2D eigenvalue weighted by molar-refractivity contribution is 5.94. The van der Waals surface area contributed by atoms with Crippen LogP contribution in [0.15, 0.2) is 30.3 Å². The number of esters is 2. The third-order valence-corrected chi connectivity index (χ3v) is 4.71. The number of cyclic esters (lactones) is 1. The van der Waals surface area contributed by atoms with Gasteiger partial charge in [0.1, 0.15) is 13.2 Å². The fourth-order valence-corrected chi connectivity index (χ4v) is 3.06. The molecule has 0 saturated carbocycles. The number of methoxy groups -OCH3 is 3. The summed E-state index contributed by atoms with van der Waals surface area (Å²) in [5.74, 6) is -0.783. The highest BCUT2D eigenvalue weighted by Gasteiger charge is 2.31. The van der Waals surface area contributed by atoms with E-state index in [0.29, 0.717) is 22.3 Å². The van der Waals surface area contributed by atoms with E-state index in [1.54, 1.807) is 44.2 Å². The number of carbonyl (C=O) groups excluding carboxylic acids is 2. The van der Waals surface area contributed by atoms with Crippen LogP contribution < -0.4 is 14.2 Å². The molecule has 0 atom stereocenters. The molecule has 0 unspecified atom stereocenters. The van der Waals surface area contributed by atoms with Crippen LogP contribution in [-0.2, 0) is 20.9 Å². The van der Waals surface area contributed by atoms with Gasteiger partial charge < -0.3 is 23.7 Å². The van der Waals surface area contributed by atoms with Crippen molar-refractivity contribution in [1.29, 1.82) is 0 Å². The van der Waals surface area contributed by atoms with Crippen LogP contribution >= 0.6 is 0 Å². The van der Waals surface area contributed by atoms with Crippen LogP contribution in [0.3, 0.4) is 0 Å². The van der Waals surface area contributed by atoms with Crippen molar-refractivity contribution in [2.75, 3.05) is 27.9 Å². The van der Waals surface area contributed by atoms with E-state index >= 15 is 0 Å². The number of benzene rings is 2. The Morgan fingerprint density at radius 2 is 1.90 bits per heavy atom. The fraction of sp³-hybridized carbons (Fsp3) is 0.364. The van der Waals surface area contributed by atoms with E-state index in [4.69, 9.17) is 27.8 Å². The summed E-state index contributed by atoms with van der Waals surface area (Å²) in [5, 5.41) is 0. The second kappa shape index (κ2) is 8.03. The maximum absolute atomic E-state index is 12.1. The van der Waals surface area contributed by atoms with Crippen LogP contribution in [0.1, 0.15) is 33.9 Å². The van der Waals surface area contributed by atoms with Gasteiger partial charge in [0.25, 0.3) is 0 Å². The van der Waals surface area contributed by atoms with Gasteiger partial charge in [0.15, 0.2) is 11.5 Å². The molecular formula is C22H24O7. The Labute approximate surface area is 173 Å². The molecule has 0 spiro atoms. The van der Waals surface area contributed by atoms with Crippen molar-refractivity contribution in [3.8, 4) is 28.4 Å². The largest absolute Gasteiger partial charge is 0.493 e. The topological polar surface area (TPSA) is 80.3 Å². The van der Waals surface area contributed by atoms with Crippen molar-refractivity contribution in [3.63, 3.8) is 0 Å². The quantitative estimate of drug-likeness (QED) is 0.653. The Morgan fingerprint density at radius 1 is 1.14 bits per heavy atom. The predicted molar refractivity (Wildman–Crippen MR) is 105 cm³/mol. The summed E-state index contributed by atoms with van der Waals surface area (Å²) in [6.07, 6.45) is 0. The minimum atomic E-state index is -2.78. The van der Waals surface area contributed by atoms with E-state index in [-0.39, 0.29) is 30.5 Å². The number of fused-ring (bicyclic) bond motifs is 1. The van der Waals surface area contributed by atoms with Crippen molar-refractivity contribution in [1.82, 2.24) is 0 Å². The van der Waals surface area contributed by atoms with Crippen molar-refractivity contribution >= 4 is 11.9 Å². The first kappa shape index (κ1) is 16.7. The average Bonchev–Trinajstić information content (AvgIpc) is 3.10. The van der Waals surface area contributed by atoms with Gasteiger partial charge in [-0.3, -0.25) is 4.79 Å². The van der Waals surface area contributed by atoms with Crippen LogP contribution in [0.4, 0.5) is 0 Å². The second-order valence-corrected chi connectivity index (χ2v) is 7.19. The number of rotatable bonds is 7. The van der Waals surface area contributed by atoms with Gasteiger partial charge in [0.2, 0.25) is 5.75 Å². The molecule has 2 aromatic rings. The van der Waals surface area contributed by atoms with Crippen molar-refractivity contribution in [2.45, 2.75) is 20.5 Å². The Kier molecular flexibility index (Phi) is 4.63. The maximum atomic E-state index is 12.1. The highest BCUT2D eigenvalue weighted by Crippen LogP contribution is 2.45. The van der Waals surface area contributed by atoms with Gasteiger partial charge in [0.05, 0.1) is 36.3 Å². The van der Waals surface area contributed by atoms with Gasteiger partial charge in [-0.1, -0.05) is 6.07 Å². The van der Waals surface area contributed by atoms with Gasteiger partial charge in [0, 0.05) is 11.1 Å². The van der Waals surface area contributed by atoms with Crippen LogP contribution in [0, 0.1) is 5.41 Å². The zero-order chi connectivity index (χ0) is 23.7. The van der Waals surface area contributed by atoms with E-state index in [1.807, 2.05) is 0 Å². The Morgan fingerprint density at radius 3 is 2.59 bits per heavy atom. The number of hydrogen-bond acceptors (Lipinski definition) is 7. The van der Waals surface area contributed by atoms with Crippen molar-refractivity contribution in [2.24, 2.45) is 5.41 Å². The Hall–Kier alpha value is -3.22. The summed E-state index contributed by atoms with van der Waals surface area (Å²) in [6.45, 7) is 3.30. The molecule has 0 aliphatic carbocycles. The SMILES string of the molecule is [2H]C([2H])([2H])Oc1c(OC)ccc(-c2ccc3c(c2)COC3=O)c1OCC(C)(C)C(=O)OC. The first-order chi connectivity index (χ1) is 15.0. The molecule has 29 heavy (non-hydrogen) atoms. The zero-order valence-electron chi connectivity index (χ0n) is 19.7. The summed E-state index contributed by atoms with van der Waals surface area (Å²) in [5.41, 5.74) is 1.28. The van der Waals surface area contributed by atoms with Crippen LogP contribution in [0.5, 0.6) is 17.2 Å². The molecular weight excluding hydrogens is 376 g/mol. The molecule has 0 bridgehead atoms. The molecule has 0 amide bonds. The average molecular weight is 403 g/mol. The molecule has 7 nitrogen and oxygen atoms in total. The zero-order valence-corrected chi connectivity index (χ0v) is 16.7. The minimum absolute atomic E-state index is 0.0858. The van der Waals surface area contributed by atoms with E-state index in [1.165, 1.54) is 14.2 Å². The second-order valence-electron chi connectivity index (χ2n) is 7.19. The molecule has 7 heteroatoms. The van der Waals surface area contributed by atoms with Crippen molar-refractivity contribution in [3.05, 3.63) is 41.5 Å². The fourth-order valence-electron chi connectivity index (χ4n) is 3.06. The van der Waals surface area contributed by atoms with Gasteiger partial charge in [-0.2, -0.15) is 0 Å². The third-order valence-electron chi connectivity index (χ3n) is 4.71. The molecule has 3 rings (SSSR count). The molecule has 2 aromatic carbocycles. The molecule has 154 valence electrons. The normalized spacial score (nSPS) is 14.8. The molecule has 1 aliphatic rings. The van der Waals surface area contributed by atoms with E-state index in [2.05, 4.69) is 0 Å². The minimum Gasteiger partial charge on any atom is -0.493 e. The van der Waals surface area contributed by atoms with Gasteiger partial charge in [-0.25, -0.2) is 4.79 Å². The maximum Gasteiger partial charge on any atom is 0.338 e. The summed E-state index contributed by atoms with van der Waals surface area (Å²) in [6, 6.07) is 8.34. The van der Waals surface area contributed by atoms with Gasteiger partial charge in [-0.05, 0) is 43.7 Å². The molecule has 0 saturated heterocycles. The van der Waals surface area contributed by atoms with Gasteiger partial charge >= 0.3 is 11.9 Å². The van der Waals surface area contributed by atoms with E-state index in [0.717, 1.165) is 0 Å². The number of ether oxygens (including phenoxy) is 5. The summed E-state index contributed by atoms with van der Waals surface area (Å²) < 4.78 is 49.1. The Bertz CT molecular complexity index is 1040. The third kappa shape index (κ3) is 3.85. The Balaban J connectivity index is 2.13. The summed E-state index contributed by atoms with van der Waals surface area (Å²) in [4.78, 5) is 23.9. The van der Waals surface area contributed by atoms with E-state index in [9.17, 15) is 9.59 Å². The lowest BCUT2D eigenvalue weighted by Crippen LogP contribution is -2.32. The van der Waals surface area contributed by atoms with Crippen LogP contribution in [0.2, 0.25) is 0 Å². The lowest BCUT2D eigenvalue weighted by atomic mass is 9.95. The molecule has 1 heterocycles. The molecule has 0 aromatic heterocycles. The number of carbonyl (C=O) groups is 2. The smallest absolute Gasteiger partial charge is 0.338 e. The first-order valence-corrected chi connectivity index (χ1v) is 8.88. The van der Waals surface area contributed by atoms with Crippen LogP contribution in [-0.4, -0.2) is 39.8 Å². The molecule has 0 fully saturated rings. The monoisotopic (exact) mass is 403 g/mol. The summed E-state index contributed by atoms with van der Waals surface area (Å²) >= 11 is 0. The van der Waals surface area contributed by atoms with E-state index < -0.39 is 24.4 Å². The standard InChI is InChI=1S/C22H24O7/c1-22(2,21(24)27-5)12-29-18-15(8-9-17(25-3)19(18)26-4)13-6-7-16-14(10-13)11-28-20(16)23/h6-10H,11-12H2,1-5H3/i4D3. The first-order valence-electron chi connectivity index (χ1n) is 10.4. The lowest BCUT2D eigenvalue weighted by Gasteiger charge is -2.24. The summed E-state index contributed by atoms with van der Waals surface area (Å²) in [7, 11) is -0.125. The predicted octanol–water partition coefficient (Wildman–Crippen LogP) is 3.62.